The molecule has 6 nitrogen and oxygen atoms in total. The van der Waals surface area contributed by atoms with Gasteiger partial charge in [0.15, 0.2) is 0 Å². The Kier molecular flexibility index (Phi) is 4.86. The van der Waals surface area contributed by atoms with Gasteiger partial charge in [-0.3, -0.25) is 9.67 Å². The van der Waals surface area contributed by atoms with Crippen LogP contribution in [0.1, 0.15) is 0 Å². The Balaban J connectivity index is 1.64. The van der Waals surface area contributed by atoms with Gasteiger partial charge in [0.2, 0.25) is 10.0 Å². The summed E-state index contributed by atoms with van der Waals surface area (Å²) >= 11 is 0. The molecule has 0 saturated heterocycles. The third-order valence-electron chi connectivity index (χ3n) is 3.38. The van der Waals surface area contributed by atoms with Crippen LogP contribution in [0.2, 0.25) is 0 Å². The summed E-state index contributed by atoms with van der Waals surface area (Å²) in [6, 6.07) is 9.52. The Bertz CT molecular complexity index is 975. The van der Waals surface area contributed by atoms with Crippen molar-refractivity contribution in [3.63, 3.8) is 0 Å². The summed E-state index contributed by atoms with van der Waals surface area (Å²) in [5, 5.41) is 4.30. The van der Waals surface area contributed by atoms with E-state index in [1.807, 2.05) is 12.1 Å². The van der Waals surface area contributed by atoms with Crippen LogP contribution in [0.5, 0.6) is 0 Å². The topological polar surface area (TPSA) is 76.9 Å². The Morgan fingerprint density at radius 2 is 1.92 bits per heavy atom. The molecule has 2 heterocycles. The summed E-state index contributed by atoms with van der Waals surface area (Å²) in [6.45, 7) is 0.247. The van der Waals surface area contributed by atoms with Crippen LogP contribution in [0.3, 0.4) is 0 Å². The Morgan fingerprint density at radius 3 is 2.64 bits per heavy atom. The van der Waals surface area contributed by atoms with E-state index in [0.717, 1.165) is 12.1 Å². The van der Waals surface area contributed by atoms with Crippen molar-refractivity contribution in [3.05, 3.63) is 66.5 Å². The molecular formula is C16H14F2N4O2S. The summed E-state index contributed by atoms with van der Waals surface area (Å²) in [5.74, 6) is -1.97. The van der Waals surface area contributed by atoms with Gasteiger partial charge in [0, 0.05) is 25.0 Å². The van der Waals surface area contributed by atoms with Gasteiger partial charge in [0.1, 0.15) is 22.2 Å². The third-order valence-corrected chi connectivity index (χ3v) is 4.88. The van der Waals surface area contributed by atoms with Gasteiger partial charge in [-0.15, -0.1) is 0 Å². The van der Waals surface area contributed by atoms with E-state index in [0.29, 0.717) is 17.5 Å². The van der Waals surface area contributed by atoms with Crippen molar-refractivity contribution in [3.8, 4) is 11.4 Å². The molecule has 0 aliphatic carbocycles. The number of sulfonamides is 1. The molecule has 0 bridgehead atoms. The van der Waals surface area contributed by atoms with Crippen molar-refractivity contribution in [1.29, 1.82) is 0 Å². The zero-order chi connectivity index (χ0) is 17.9. The van der Waals surface area contributed by atoms with E-state index in [1.165, 1.54) is 0 Å². The minimum absolute atomic E-state index is 0.00247. The molecule has 3 aromatic rings. The molecule has 0 amide bonds. The van der Waals surface area contributed by atoms with E-state index in [-0.39, 0.29) is 13.1 Å². The second-order valence-electron chi connectivity index (χ2n) is 5.15. The van der Waals surface area contributed by atoms with Crippen LogP contribution in [-0.2, 0) is 16.6 Å². The molecule has 25 heavy (non-hydrogen) atoms. The number of aromatic nitrogens is 3. The monoisotopic (exact) mass is 364 g/mol. The minimum Gasteiger partial charge on any atom is -0.271 e. The summed E-state index contributed by atoms with van der Waals surface area (Å²) in [7, 11) is -4.07. The van der Waals surface area contributed by atoms with E-state index in [1.54, 1.807) is 29.2 Å². The molecule has 0 spiro atoms. The first-order valence-electron chi connectivity index (χ1n) is 7.35. The maximum absolute atomic E-state index is 13.6. The van der Waals surface area contributed by atoms with Gasteiger partial charge in [0.05, 0.1) is 12.2 Å². The third kappa shape index (κ3) is 4.06. The molecule has 0 aliphatic heterocycles. The van der Waals surface area contributed by atoms with Crippen molar-refractivity contribution >= 4 is 10.0 Å². The minimum atomic E-state index is -4.07. The van der Waals surface area contributed by atoms with Crippen molar-refractivity contribution < 1.29 is 17.2 Å². The Labute approximate surface area is 143 Å². The number of nitrogens with zero attached hydrogens (tertiary/aromatic N) is 3. The molecule has 0 atom stereocenters. The van der Waals surface area contributed by atoms with Crippen LogP contribution in [0.15, 0.2) is 59.8 Å². The predicted molar refractivity (Wildman–Crippen MR) is 87.0 cm³/mol. The normalized spacial score (nSPS) is 11.6. The second kappa shape index (κ2) is 7.08. The molecule has 9 heteroatoms. The second-order valence-corrected chi connectivity index (χ2v) is 6.89. The van der Waals surface area contributed by atoms with Crippen molar-refractivity contribution in [2.24, 2.45) is 0 Å². The van der Waals surface area contributed by atoms with Gasteiger partial charge in [-0.2, -0.15) is 5.10 Å². The molecule has 1 N–H and O–H groups in total. The molecule has 2 aromatic heterocycles. The molecule has 130 valence electrons. The van der Waals surface area contributed by atoms with Gasteiger partial charge < -0.3 is 0 Å². The van der Waals surface area contributed by atoms with Gasteiger partial charge in [0.25, 0.3) is 0 Å². The van der Waals surface area contributed by atoms with Gasteiger partial charge in [-0.1, -0.05) is 6.07 Å². The zero-order valence-electron chi connectivity index (χ0n) is 12.9. The quantitative estimate of drug-likeness (QED) is 0.727. The smallest absolute Gasteiger partial charge is 0.243 e. The lowest BCUT2D eigenvalue weighted by Gasteiger charge is -2.08. The van der Waals surface area contributed by atoms with Gasteiger partial charge >= 0.3 is 0 Å². The Hall–Kier alpha value is -2.65. The first-order valence-corrected chi connectivity index (χ1v) is 8.83. The highest BCUT2D eigenvalue weighted by Crippen LogP contribution is 2.15. The van der Waals surface area contributed by atoms with Crippen molar-refractivity contribution in [2.45, 2.75) is 11.4 Å². The number of pyridine rings is 1. The summed E-state index contributed by atoms with van der Waals surface area (Å²) < 4.78 is 54.4. The van der Waals surface area contributed by atoms with E-state index < -0.39 is 26.6 Å². The number of benzene rings is 1. The van der Waals surface area contributed by atoms with E-state index in [9.17, 15) is 17.2 Å². The van der Waals surface area contributed by atoms with Crippen molar-refractivity contribution in [1.82, 2.24) is 19.5 Å². The number of nitrogens with one attached hydrogen (secondary N) is 1. The maximum Gasteiger partial charge on any atom is 0.243 e. The fraction of sp³-hybridized carbons (Fsp3) is 0.125. The lowest BCUT2D eigenvalue weighted by atomic mass is 10.3. The largest absolute Gasteiger partial charge is 0.271 e. The predicted octanol–water partition coefficient (Wildman–Crippen LogP) is 2.20. The Morgan fingerprint density at radius 1 is 1.08 bits per heavy atom. The molecule has 0 fully saturated rings. The first-order chi connectivity index (χ1) is 12.0. The molecule has 0 radical (unpaired) electrons. The maximum atomic E-state index is 13.6. The number of halogens is 2. The van der Waals surface area contributed by atoms with E-state index in [2.05, 4.69) is 14.8 Å². The van der Waals surface area contributed by atoms with Crippen molar-refractivity contribution in [2.75, 3.05) is 6.54 Å². The first kappa shape index (κ1) is 17.2. The SMILES string of the molecule is O=S(=O)(NCCn1ccc(-c2ccccn2)n1)c1ccc(F)cc1F. The molecular weight excluding hydrogens is 350 g/mol. The highest BCUT2D eigenvalue weighted by atomic mass is 32.2. The lowest BCUT2D eigenvalue weighted by molar-refractivity contribution is 0.536. The number of hydrogen-bond donors (Lipinski definition) is 1. The molecule has 1 aromatic carbocycles. The summed E-state index contributed by atoms with van der Waals surface area (Å²) in [6.07, 6.45) is 3.34. The molecule has 0 saturated carbocycles. The van der Waals surface area contributed by atoms with E-state index in [4.69, 9.17) is 0 Å². The molecule has 0 aliphatic rings. The van der Waals surface area contributed by atoms with Crippen LogP contribution in [-0.4, -0.2) is 29.7 Å². The van der Waals surface area contributed by atoms with Crippen LogP contribution < -0.4 is 4.72 Å². The van der Waals surface area contributed by atoms with Gasteiger partial charge in [-0.05, 0) is 30.3 Å². The number of hydrogen-bond acceptors (Lipinski definition) is 4. The van der Waals surface area contributed by atoms with Crippen LogP contribution in [0.4, 0.5) is 8.78 Å². The zero-order valence-corrected chi connectivity index (χ0v) is 13.7. The highest BCUT2D eigenvalue weighted by molar-refractivity contribution is 7.89. The van der Waals surface area contributed by atoms with E-state index >= 15 is 0 Å². The van der Waals surface area contributed by atoms with Crippen LogP contribution in [0, 0.1) is 11.6 Å². The molecule has 3 rings (SSSR count). The highest BCUT2D eigenvalue weighted by Gasteiger charge is 2.19. The van der Waals surface area contributed by atoms with Crippen LogP contribution in [0.25, 0.3) is 11.4 Å². The standard InChI is InChI=1S/C16H14F2N4O2S/c17-12-4-5-16(13(18)11-12)25(23,24)20-8-10-22-9-6-15(21-22)14-3-1-2-7-19-14/h1-7,9,11,20H,8,10H2. The van der Waals surface area contributed by atoms with Crippen LogP contribution >= 0.6 is 0 Å². The summed E-state index contributed by atoms with van der Waals surface area (Å²) in [4.78, 5) is 3.58. The fourth-order valence-electron chi connectivity index (χ4n) is 2.20. The fourth-order valence-corrected chi connectivity index (χ4v) is 3.28. The number of rotatable bonds is 6. The average molecular weight is 364 g/mol. The lowest BCUT2D eigenvalue weighted by Crippen LogP contribution is -2.28. The summed E-state index contributed by atoms with van der Waals surface area (Å²) in [5.41, 5.74) is 1.36. The molecule has 0 unspecified atom stereocenters. The average Bonchev–Trinajstić information content (AvgIpc) is 3.04. The van der Waals surface area contributed by atoms with Gasteiger partial charge in [-0.25, -0.2) is 21.9 Å².